The highest BCUT2D eigenvalue weighted by Gasteiger charge is 2.19. The van der Waals surface area contributed by atoms with E-state index >= 15 is 0 Å². The Morgan fingerprint density at radius 3 is 2.24 bits per heavy atom. The van der Waals surface area contributed by atoms with Crippen LogP contribution in [-0.2, 0) is 6.54 Å². The van der Waals surface area contributed by atoms with E-state index in [2.05, 4.69) is 127 Å². The number of pyridine rings is 1. The summed E-state index contributed by atoms with van der Waals surface area (Å²) in [6, 6.07) is 22.1. The lowest BCUT2D eigenvalue weighted by Gasteiger charge is -2.11. The van der Waals surface area contributed by atoms with Crippen molar-refractivity contribution in [3.8, 4) is 11.3 Å². The highest BCUT2D eigenvalue weighted by Crippen LogP contribution is 2.23. The summed E-state index contributed by atoms with van der Waals surface area (Å²) >= 11 is 0. The molecule has 4 rings (SSSR count). The molecular formula is C31H38N3+. The number of fused-ring (bicyclic) bond motifs is 1. The molecule has 2 aromatic heterocycles. The lowest BCUT2D eigenvalue weighted by atomic mass is 10.1. The molecule has 3 heteroatoms. The number of anilines is 1. The summed E-state index contributed by atoms with van der Waals surface area (Å²) in [6.07, 6.45) is 15.3. The van der Waals surface area contributed by atoms with E-state index in [9.17, 15) is 0 Å². The van der Waals surface area contributed by atoms with E-state index < -0.39 is 0 Å². The number of benzene rings is 2. The van der Waals surface area contributed by atoms with Gasteiger partial charge in [0, 0.05) is 31.4 Å². The minimum atomic E-state index is 1.04. The standard InChI is InChI=1S/C31H38N3/c1-5-6-7-8-9-21-34-30(28-16-10-25(2)11-17-28)24-33-22-20-27(23-31(33)34)13-12-26-14-18-29(19-15-26)32(3)4/h10-20,22-24H,5-9,21H2,1-4H3/q+1. The smallest absolute Gasteiger partial charge is 0.287 e. The van der Waals surface area contributed by atoms with Gasteiger partial charge in [-0.05, 0) is 49.1 Å². The molecule has 2 aromatic carbocycles. The zero-order valence-electron chi connectivity index (χ0n) is 21.2. The average Bonchev–Trinajstić information content (AvgIpc) is 3.21. The van der Waals surface area contributed by atoms with Crippen LogP contribution < -0.4 is 9.30 Å². The Labute approximate surface area is 205 Å². The van der Waals surface area contributed by atoms with E-state index in [4.69, 9.17) is 0 Å². The minimum absolute atomic E-state index is 1.04. The summed E-state index contributed by atoms with van der Waals surface area (Å²) in [4.78, 5) is 2.13. The number of aryl methyl sites for hydroxylation is 2. The van der Waals surface area contributed by atoms with Crippen LogP contribution in [0.25, 0.3) is 29.1 Å². The van der Waals surface area contributed by atoms with Crippen LogP contribution in [-0.4, -0.2) is 18.7 Å². The van der Waals surface area contributed by atoms with Crippen molar-refractivity contribution in [3.05, 3.63) is 89.7 Å². The maximum absolute atomic E-state index is 2.50. The molecule has 4 aromatic rings. The molecule has 176 valence electrons. The molecule has 0 aliphatic rings. The second kappa shape index (κ2) is 11.2. The molecule has 0 aliphatic heterocycles. The summed E-state index contributed by atoms with van der Waals surface area (Å²) in [5, 5.41) is 0. The molecule has 0 atom stereocenters. The zero-order valence-corrected chi connectivity index (χ0v) is 21.2. The first-order valence-corrected chi connectivity index (χ1v) is 12.6. The molecule has 0 N–H and O–H groups in total. The molecule has 2 heterocycles. The molecule has 0 saturated carbocycles. The number of nitrogens with zero attached hydrogens (tertiary/aromatic N) is 3. The van der Waals surface area contributed by atoms with Crippen LogP contribution in [0.15, 0.2) is 73.1 Å². The Balaban J connectivity index is 1.64. The van der Waals surface area contributed by atoms with E-state index in [0.717, 1.165) is 6.54 Å². The Kier molecular flexibility index (Phi) is 7.84. The van der Waals surface area contributed by atoms with Gasteiger partial charge in [0.1, 0.15) is 6.20 Å². The van der Waals surface area contributed by atoms with Gasteiger partial charge in [-0.2, -0.15) is 0 Å². The number of rotatable bonds is 10. The van der Waals surface area contributed by atoms with Crippen molar-refractivity contribution in [1.29, 1.82) is 0 Å². The second-order valence-corrected chi connectivity index (χ2v) is 9.49. The lowest BCUT2D eigenvalue weighted by molar-refractivity contribution is -0.510. The van der Waals surface area contributed by atoms with Crippen LogP contribution in [0.3, 0.4) is 0 Å². The van der Waals surface area contributed by atoms with Gasteiger partial charge >= 0.3 is 0 Å². The van der Waals surface area contributed by atoms with Gasteiger partial charge in [-0.3, -0.25) is 0 Å². The van der Waals surface area contributed by atoms with Gasteiger partial charge in [-0.15, -0.1) is 0 Å². The van der Waals surface area contributed by atoms with Crippen LogP contribution in [0.4, 0.5) is 5.69 Å². The Morgan fingerprint density at radius 2 is 1.53 bits per heavy atom. The highest BCUT2D eigenvalue weighted by molar-refractivity contribution is 5.72. The van der Waals surface area contributed by atoms with Crippen molar-refractivity contribution in [2.24, 2.45) is 0 Å². The zero-order chi connectivity index (χ0) is 23.9. The maximum atomic E-state index is 2.50. The number of aromatic nitrogens is 2. The van der Waals surface area contributed by atoms with Crippen LogP contribution in [0.2, 0.25) is 0 Å². The van der Waals surface area contributed by atoms with E-state index in [-0.39, 0.29) is 0 Å². The summed E-state index contributed by atoms with van der Waals surface area (Å²) in [5.41, 5.74) is 8.76. The molecule has 0 bridgehead atoms. The Hall–Kier alpha value is -3.33. The van der Waals surface area contributed by atoms with Gasteiger partial charge in [0.15, 0.2) is 5.69 Å². The Bertz CT molecular complexity index is 1230. The molecule has 34 heavy (non-hydrogen) atoms. The van der Waals surface area contributed by atoms with Gasteiger partial charge in [-0.25, -0.2) is 8.97 Å². The SMILES string of the molecule is CCCCCCCn1c(-c2ccc(C)cc2)c[n+]2ccc(C=Cc3ccc(N(C)C)cc3)cc12. The van der Waals surface area contributed by atoms with Crippen LogP contribution in [0, 0.1) is 6.92 Å². The molecular weight excluding hydrogens is 414 g/mol. The minimum Gasteiger partial charge on any atom is -0.378 e. The quantitative estimate of drug-likeness (QED) is 0.180. The predicted octanol–water partition coefficient (Wildman–Crippen LogP) is 7.41. The van der Waals surface area contributed by atoms with Crippen molar-refractivity contribution in [1.82, 2.24) is 4.57 Å². The molecule has 0 aliphatic carbocycles. The van der Waals surface area contributed by atoms with Crippen molar-refractivity contribution in [3.63, 3.8) is 0 Å². The third kappa shape index (κ3) is 5.77. The fourth-order valence-corrected chi connectivity index (χ4v) is 4.41. The van der Waals surface area contributed by atoms with Crippen molar-refractivity contribution in [2.45, 2.75) is 52.5 Å². The number of unbranched alkanes of at least 4 members (excludes halogenated alkanes) is 4. The van der Waals surface area contributed by atoms with Crippen molar-refractivity contribution < 1.29 is 4.40 Å². The number of hydrogen-bond donors (Lipinski definition) is 0. The van der Waals surface area contributed by atoms with E-state index in [1.165, 1.54) is 71.4 Å². The topological polar surface area (TPSA) is 12.3 Å². The van der Waals surface area contributed by atoms with E-state index in [1.54, 1.807) is 0 Å². The molecule has 0 amide bonds. The third-order valence-corrected chi connectivity index (χ3v) is 6.53. The van der Waals surface area contributed by atoms with Crippen molar-refractivity contribution >= 4 is 23.5 Å². The maximum Gasteiger partial charge on any atom is 0.287 e. The summed E-state index contributed by atoms with van der Waals surface area (Å²) in [5.74, 6) is 0. The average molecular weight is 453 g/mol. The summed E-state index contributed by atoms with van der Waals surface area (Å²) in [7, 11) is 4.14. The van der Waals surface area contributed by atoms with Gasteiger partial charge in [0.05, 0.1) is 12.7 Å². The molecule has 3 nitrogen and oxygen atoms in total. The number of hydrogen-bond acceptors (Lipinski definition) is 1. The van der Waals surface area contributed by atoms with Gasteiger partial charge < -0.3 is 4.90 Å². The second-order valence-electron chi connectivity index (χ2n) is 9.49. The highest BCUT2D eigenvalue weighted by atomic mass is 15.1. The lowest BCUT2D eigenvalue weighted by Crippen LogP contribution is -2.18. The largest absolute Gasteiger partial charge is 0.378 e. The van der Waals surface area contributed by atoms with Crippen LogP contribution >= 0.6 is 0 Å². The predicted molar refractivity (Wildman–Crippen MR) is 146 cm³/mol. The molecule has 0 saturated heterocycles. The van der Waals surface area contributed by atoms with Crippen LogP contribution in [0.1, 0.15) is 55.7 Å². The van der Waals surface area contributed by atoms with Crippen LogP contribution in [0.5, 0.6) is 0 Å². The number of imidazole rings is 1. The molecule has 0 spiro atoms. The van der Waals surface area contributed by atoms with E-state index in [1.807, 2.05) is 0 Å². The normalized spacial score (nSPS) is 11.5. The summed E-state index contributed by atoms with van der Waals surface area (Å²) in [6.45, 7) is 5.47. The first kappa shape index (κ1) is 23.8. The molecule has 0 unspecified atom stereocenters. The molecule has 0 fully saturated rings. The summed E-state index contributed by atoms with van der Waals surface area (Å²) < 4.78 is 4.77. The fraction of sp³-hybridized carbons (Fsp3) is 0.323. The van der Waals surface area contributed by atoms with Gasteiger partial charge in [0.2, 0.25) is 0 Å². The fourth-order valence-electron chi connectivity index (χ4n) is 4.41. The van der Waals surface area contributed by atoms with E-state index in [0.29, 0.717) is 0 Å². The first-order chi connectivity index (χ1) is 16.5. The monoisotopic (exact) mass is 452 g/mol. The molecule has 0 radical (unpaired) electrons. The first-order valence-electron chi connectivity index (χ1n) is 12.6. The third-order valence-electron chi connectivity index (χ3n) is 6.53. The van der Waals surface area contributed by atoms with Crippen molar-refractivity contribution in [2.75, 3.05) is 19.0 Å². The van der Waals surface area contributed by atoms with Gasteiger partial charge in [0.25, 0.3) is 5.65 Å². The Morgan fingerprint density at radius 1 is 0.824 bits per heavy atom. The van der Waals surface area contributed by atoms with Gasteiger partial charge in [-0.1, -0.05) is 80.3 Å².